The van der Waals surface area contributed by atoms with E-state index >= 15 is 0 Å². The van der Waals surface area contributed by atoms with Crippen LogP contribution in [0.25, 0.3) is 21.8 Å². The summed E-state index contributed by atoms with van der Waals surface area (Å²) in [6, 6.07) is 22.7. The Bertz CT molecular complexity index is 1360. The van der Waals surface area contributed by atoms with Gasteiger partial charge in [0, 0.05) is 64.0 Å². The van der Waals surface area contributed by atoms with Crippen molar-refractivity contribution in [2.45, 2.75) is 130 Å². The lowest BCUT2D eigenvalue weighted by Gasteiger charge is -2.12. The van der Waals surface area contributed by atoms with Gasteiger partial charge in [0.15, 0.2) is 11.4 Å². The molecule has 6 rings (SSSR count). The Hall–Kier alpha value is -2.18. The number of fused-ring (bicyclic) bond motifs is 22. The lowest BCUT2D eigenvalue weighted by Crippen LogP contribution is -3.00. The van der Waals surface area contributed by atoms with Crippen LogP contribution in [0.1, 0.15) is 114 Å². The number of halogens is 2. The van der Waals surface area contributed by atoms with Crippen LogP contribution in [0.15, 0.2) is 60.7 Å². The van der Waals surface area contributed by atoms with Crippen LogP contribution >= 0.6 is 0 Å². The normalized spacial score (nSPS) is 16.9. The minimum atomic E-state index is 0. The highest BCUT2D eigenvalue weighted by Gasteiger charge is 2.17. The molecule has 0 aliphatic carbocycles. The molecule has 6 heteroatoms. The molecular formula is C40H58Br2N4. The number of hydrogen-bond donors (Lipinski definition) is 2. The Kier molecular flexibility index (Phi) is 17.4. The highest BCUT2D eigenvalue weighted by molar-refractivity contribution is 5.90. The maximum atomic E-state index is 3.79. The Morgan fingerprint density at radius 3 is 1.15 bits per heavy atom. The van der Waals surface area contributed by atoms with E-state index in [0.717, 1.165) is 26.2 Å². The van der Waals surface area contributed by atoms with Crippen molar-refractivity contribution in [3.05, 3.63) is 72.1 Å². The number of hydrogen-bond acceptors (Lipinski definition) is 2. The second kappa shape index (κ2) is 20.9. The van der Waals surface area contributed by atoms with Gasteiger partial charge in [-0.1, -0.05) is 88.5 Å². The molecule has 4 aromatic rings. The average Bonchev–Trinajstić information content (AvgIpc) is 3.04. The Balaban J connectivity index is 0.00000288. The van der Waals surface area contributed by atoms with E-state index in [1.54, 1.807) is 0 Å². The van der Waals surface area contributed by atoms with Crippen LogP contribution in [0.4, 0.5) is 11.4 Å². The molecule has 0 saturated heterocycles. The minimum absolute atomic E-state index is 0. The van der Waals surface area contributed by atoms with Crippen molar-refractivity contribution in [1.29, 1.82) is 0 Å². The second-order valence-electron chi connectivity index (χ2n) is 13.2. The maximum absolute atomic E-state index is 3.79. The van der Waals surface area contributed by atoms with Gasteiger partial charge in [-0.3, -0.25) is 0 Å². The van der Waals surface area contributed by atoms with Crippen LogP contribution in [-0.2, 0) is 13.1 Å². The molecule has 0 saturated carbocycles. The Morgan fingerprint density at radius 1 is 0.435 bits per heavy atom. The molecule has 0 fully saturated rings. The van der Waals surface area contributed by atoms with E-state index in [1.807, 2.05) is 0 Å². The van der Waals surface area contributed by atoms with Crippen molar-refractivity contribution in [1.82, 2.24) is 0 Å². The van der Waals surface area contributed by atoms with Crippen LogP contribution in [0, 0.1) is 13.8 Å². The van der Waals surface area contributed by atoms with Crippen LogP contribution in [0.3, 0.4) is 0 Å². The molecule has 4 nitrogen and oxygen atoms in total. The number of nitrogens with one attached hydrogen (secondary N) is 2. The van der Waals surface area contributed by atoms with E-state index in [-0.39, 0.29) is 34.0 Å². The number of aryl methyl sites for hydroxylation is 4. The highest BCUT2D eigenvalue weighted by Crippen LogP contribution is 2.24. The molecular weight excluding hydrogens is 696 g/mol. The number of benzene rings is 2. The maximum Gasteiger partial charge on any atom is 0.214 e. The van der Waals surface area contributed by atoms with Crippen LogP contribution in [0.5, 0.6) is 0 Å². The molecule has 252 valence electrons. The highest BCUT2D eigenvalue weighted by atomic mass is 79.9. The van der Waals surface area contributed by atoms with Crippen molar-refractivity contribution in [3.63, 3.8) is 0 Å². The van der Waals surface area contributed by atoms with Gasteiger partial charge in [-0.05, 0) is 37.8 Å². The first-order valence-electron chi connectivity index (χ1n) is 18.0. The predicted molar refractivity (Wildman–Crippen MR) is 189 cm³/mol. The Labute approximate surface area is 300 Å². The van der Waals surface area contributed by atoms with E-state index in [2.05, 4.69) is 94.3 Å². The van der Waals surface area contributed by atoms with Gasteiger partial charge in [0.05, 0.1) is 22.1 Å². The predicted octanol–water partition coefficient (Wildman–Crippen LogP) is 3.97. The summed E-state index contributed by atoms with van der Waals surface area (Å²) >= 11 is 0. The molecule has 0 amide bonds. The standard InChI is InChI=1S/C40H56N4.2BrH/c1-33-31-37-35-23-15-17-25-39(35)43(33)29-21-13-9-5-6-10-14-22-30-44-34(2)32-38(36-24-16-18-26-40(36)44)42-28-20-12-8-4-3-7-11-19-27-41-37;;/h15-18,23-26,31-32H,3-14,19-22,27-30H2,1-2H3;2*1H. The fraction of sp³-hybridized carbons (Fsp3) is 0.550. The van der Waals surface area contributed by atoms with Crippen LogP contribution in [-0.4, -0.2) is 13.1 Å². The number of para-hydroxylation sites is 2. The fourth-order valence-electron chi connectivity index (χ4n) is 7.23. The zero-order valence-corrected chi connectivity index (χ0v) is 31.7. The lowest BCUT2D eigenvalue weighted by atomic mass is 10.1. The van der Waals surface area contributed by atoms with Gasteiger partial charge < -0.3 is 44.6 Å². The first-order chi connectivity index (χ1) is 21.7. The van der Waals surface area contributed by atoms with Gasteiger partial charge in [0.1, 0.15) is 13.1 Å². The fourth-order valence-corrected chi connectivity index (χ4v) is 7.23. The molecule has 2 aromatic heterocycles. The van der Waals surface area contributed by atoms with Crippen molar-refractivity contribution in [2.75, 3.05) is 23.7 Å². The SMILES string of the molecule is Cc1cc2c3ccccc3[n+]1CCCCCCCCCC[n+]1c(C)cc(c3ccccc31)NCCCCCCCCCCN2.[Br-].[Br-]. The number of pyridine rings is 2. The molecule has 2 aliphatic heterocycles. The molecule has 4 heterocycles. The first kappa shape index (κ1) is 38.3. The third kappa shape index (κ3) is 10.9. The van der Waals surface area contributed by atoms with Gasteiger partial charge in [-0.2, -0.15) is 9.13 Å². The summed E-state index contributed by atoms with van der Waals surface area (Å²) in [5, 5.41) is 10.3. The monoisotopic (exact) mass is 752 g/mol. The van der Waals surface area contributed by atoms with Crippen molar-refractivity contribution >= 4 is 33.2 Å². The zero-order chi connectivity index (χ0) is 30.4. The Morgan fingerprint density at radius 2 is 0.761 bits per heavy atom. The van der Waals surface area contributed by atoms with Gasteiger partial charge in [0.25, 0.3) is 0 Å². The molecule has 0 unspecified atom stereocenters. The lowest BCUT2D eigenvalue weighted by molar-refractivity contribution is -0.678. The van der Waals surface area contributed by atoms with Gasteiger partial charge in [0.2, 0.25) is 11.0 Å². The first-order valence-corrected chi connectivity index (χ1v) is 18.0. The average molecular weight is 755 g/mol. The molecule has 4 bridgehead atoms. The molecule has 0 spiro atoms. The third-order valence-electron chi connectivity index (χ3n) is 9.78. The van der Waals surface area contributed by atoms with E-state index in [1.165, 1.54) is 147 Å². The summed E-state index contributed by atoms with van der Waals surface area (Å²) in [4.78, 5) is 0. The van der Waals surface area contributed by atoms with Crippen molar-refractivity contribution in [2.24, 2.45) is 0 Å². The number of nitrogens with zero attached hydrogens (tertiary/aromatic N) is 2. The van der Waals surface area contributed by atoms with E-state index in [4.69, 9.17) is 0 Å². The summed E-state index contributed by atoms with van der Waals surface area (Å²) < 4.78 is 5.09. The number of aromatic nitrogens is 2. The van der Waals surface area contributed by atoms with Gasteiger partial charge in [-0.25, -0.2) is 0 Å². The summed E-state index contributed by atoms with van der Waals surface area (Å²) in [5.74, 6) is 0. The van der Waals surface area contributed by atoms with E-state index < -0.39 is 0 Å². The summed E-state index contributed by atoms with van der Waals surface area (Å²) in [6.45, 7) is 8.93. The number of anilines is 2. The van der Waals surface area contributed by atoms with Gasteiger partial charge in [-0.15, -0.1) is 0 Å². The molecule has 2 N–H and O–H groups in total. The molecule has 46 heavy (non-hydrogen) atoms. The number of rotatable bonds is 0. The van der Waals surface area contributed by atoms with Crippen molar-refractivity contribution in [3.8, 4) is 0 Å². The van der Waals surface area contributed by atoms with E-state index in [0.29, 0.717) is 0 Å². The summed E-state index contributed by atoms with van der Waals surface area (Å²) in [6.07, 6.45) is 21.2. The van der Waals surface area contributed by atoms with E-state index in [9.17, 15) is 0 Å². The van der Waals surface area contributed by atoms with Gasteiger partial charge >= 0.3 is 0 Å². The smallest absolute Gasteiger partial charge is 0.214 e. The molecule has 2 aliphatic rings. The third-order valence-corrected chi connectivity index (χ3v) is 9.78. The topological polar surface area (TPSA) is 31.8 Å². The molecule has 0 radical (unpaired) electrons. The summed E-state index contributed by atoms with van der Waals surface area (Å²) in [5.41, 5.74) is 8.11. The molecule has 0 atom stereocenters. The van der Waals surface area contributed by atoms with Crippen LogP contribution in [0.2, 0.25) is 0 Å². The quantitative estimate of drug-likeness (QED) is 0.267. The van der Waals surface area contributed by atoms with Crippen molar-refractivity contribution < 1.29 is 43.1 Å². The van der Waals surface area contributed by atoms with Crippen LogP contribution < -0.4 is 53.7 Å². The summed E-state index contributed by atoms with van der Waals surface area (Å²) in [7, 11) is 0. The largest absolute Gasteiger partial charge is 1.00 e. The second-order valence-corrected chi connectivity index (χ2v) is 13.2. The molecule has 2 aromatic carbocycles. The zero-order valence-electron chi connectivity index (χ0n) is 28.6. The minimum Gasteiger partial charge on any atom is -1.00 e.